The van der Waals surface area contributed by atoms with Gasteiger partial charge < -0.3 is 5.73 Å². The van der Waals surface area contributed by atoms with Gasteiger partial charge in [0.25, 0.3) is 0 Å². The van der Waals surface area contributed by atoms with Crippen molar-refractivity contribution >= 4 is 60.3 Å². The maximum Gasteiger partial charge on any atom is 0.194 e. The predicted molar refractivity (Wildman–Crippen MR) is 150 cm³/mol. The monoisotopic (exact) mass is 471 g/mol. The molecule has 0 atom stereocenters. The smallest absolute Gasteiger partial charge is 0.194 e. The number of hydrogen-bond acceptors (Lipinski definition) is 3. The third-order valence-corrected chi connectivity index (χ3v) is 8.45. The minimum atomic E-state index is 0.0109. The van der Waals surface area contributed by atoms with Crippen LogP contribution in [-0.2, 0) is 0 Å². The van der Waals surface area contributed by atoms with Crippen LogP contribution in [-0.4, -0.2) is 11.6 Å². The number of ketones is 2. The fourth-order valence-corrected chi connectivity index (χ4v) is 6.97. The molecule has 2 aliphatic rings. The van der Waals surface area contributed by atoms with Crippen molar-refractivity contribution in [2.24, 2.45) is 0 Å². The molecule has 7 aromatic carbocycles. The van der Waals surface area contributed by atoms with Crippen LogP contribution < -0.4 is 5.73 Å². The number of carbonyl (C=O) groups is 2. The highest BCUT2D eigenvalue weighted by Gasteiger charge is 2.31. The highest BCUT2D eigenvalue weighted by Crippen LogP contribution is 2.51. The second-order valence-corrected chi connectivity index (χ2v) is 10.1. The summed E-state index contributed by atoms with van der Waals surface area (Å²) < 4.78 is 0. The second-order valence-electron chi connectivity index (χ2n) is 10.1. The summed E-state index contributed by atoms with van der Waals surface area (Å²) in [5, 5.41) is 8.12. The van der Waals surface area contributed by atoms with Gasteiger partial charge in [0, 0.05) is 49.5 Å². The Bertz CT molecular complexity index is 2240. The van der Waals surface area contributed by atoms with Crippen LogP contribution in [0.1, 0.15) is 31.8 Å². The topological polar surface area (TPSA) is 60.2 Å². The van der Waals surface area contributed by atoms with E-state index in [0.717, 1.165) is 76.5 Å². The molecule has 0 saturated heterocycles. The van der Waals surface area contributed by atoms with Gasteiger partial charge in [-0.1, -0.05) is 78.9 Å². The normalized spacial score (nSPS) is 13.6. The molecular formula is C34H17NO2. The molecule has 2 aliphatic carbocycles. The number of fused-ring (bicyclic) bond motifs is 6. The van der Waals surface area contributed by atoms with E-state index in [1.807, 2.05) is 66.7 Å². The van der Waals surface area contributed by atoms with Crippen molar-refractivity contribution in [1.29, 1.82) is 0 Å². The van der Waals surface area contributed by atoms with Crippen molar-refractivity contribution in [3.8, 4) is 22.3 Å². The van der Waals surface area contributed by atoms with E-state index < -0.39 is 0 Å². The number of hydrogen-bond donors (Lipinski definition) is 1. The van der Waals surface area contributed by atoms with Crippen LogP contribution in [0.2, 0.25) is 0 Å². The molecule has 9 rings (SSSR count). The van der Waals surface area contributed by atoms with E-state index >= 15 is 0 Å². The van der Waals surface area contributed by atoms with E-state index in [0.29, 0.717) is 16.8 Å². The highest BCUT2D eigenvalue weighted by atomic mass is 16.1. The molecule has 0 amide bonds. The molecule has 0 fully saturated rings. The summed E-state index contributed by atoms with van der Waals surface area (Å²) in [5.41, 5.74) is 14.3. The summed E-state index contributed by atoms with van der Waals surface area (Å²) in [6, 6.07) is 30.1. The molecular weight excluding hydrogens is 454 g/mol. The zero-order valence-corrected chi connectivity index (χ0v) is 19.6. The van der Waals surface area contributed by atoms with Gasteiger partial charge in [-0.05, 0) is 55.9 Å². The first kappa shape index (κ1) is 19.2. The van der Waals surface area contributed by atoms with E-state index in [1.165, 1.54) is 0 Å². The fourth-order valence-electron chi connectivity index (χ4n) is 6.97. The largest absolute Gasteiger partial charge is 0.398 e. The molecule has 0 saturated carbocycles. The first-order valence-corrected chi connectivity index (χ1v) is 12.4. The first-order valence-electron chi connectivity index (χ1n) is 12.4. The Hall–Kier alpha value is -5.02. The lowest BCUT2D eigenvalue weighted by Crippen LogP contribution is -2.12. The summed E-state index contributed by atoms with van der Waals surface area (Å²) in [4.78, 5) is 27.2. The van der Waals surface area contributed by atoms with Crippen LogP contribution in [0.3, 0.4) is 0 Å². The minimum Gasteiger partial charge on any atom is -0.398 e. The van der Waals surface area contributed by atoms with Gasteiger partial charge in [0.15, 0.2) is 11.6 Å². The molecule has 0 spiro atoms. The summed E-state index contributed by atoms with van der Waals surface area (Å²) in [7, 11) is 0. The van der Waals surface area contributed by atoms with Crippen molar-refractivity contribution in [3.05, 3.63) is 113 Å². The number of carbonyl (C=O) groups excluding carboxylic acids is 2. The Morgan fingerprint density at radius 3 is 1.51 bits per heavy atom. The van der Waals surface area contributed by atoms with Gasteiger partial charge in [-0.15, -0.1) is 0 Å². The average molecular weight is 472 g/mol. The lowest BCUT2D eigenvalue weighted by molar-refractivity contribution is 0.103. The highest BCUT2D eigenvalue weighted by molar-refractivity contribution is 6.43. The summed E-state index contributed by atoms with van der Waals surface area (Å²) in [6.45, 7) is 0. The van der Waals surface area contributed by atoms with Crippen LogP contribution in [0.25, 0.3) is 65.3 Å². The van der Waals surface area contributed by atoms with Crippen LogP contribution in [0.15, 0.2) is 91.0 Å². The first-order chi connectivity index (χ1) is 18.1. The average Bonchev–Trinajstić information content (AvgIpc) is 2.94. The standard InChI is InChI=1S/C34H17NO2/c35-27-15-26-30-19(17-6-2-4-8-23(17)34(26)37)10-12-21-20-11-9-18-16-5-1-3-7-22(16)33(36)25-14-13-24(28(20)29(18)25)31(27)32(21)30/h1-15H,35H2. The Balaban J connectivity index is 1.55. The van der Waals surface area contributed by atoms with Crippen LogP contribution in [0.5, 0.6) is 0 Å². The van der Waals surface area contributed by atoms with Gasteiger partial charge in [0.2, 0.25) is 0 Å². The minimum absolute atomic E-state index is 0.0109. The second kappa shape index (κ2) is 6.21. The molecule has 0 aliphatic heterocycles. The maximum absolute atomic E-state index is 13.6. The van der Waals surface area contributed by atoms with Gasteiger partial charge in [0.05, 0.1) is 0 Å². The van der Waals surface area contributed by atoms with Gasteiger partial charge in [0.1, 0.15) is 0 Å². The van der Waals surface area contributed by atoms with Gasteiger partial charge in [-0.25, -0.2) is 0 Å². The van der Waals surface area contributed by atoms with Gasteiger partial charge >= 0.3 is 0 Å². The molecule has 170 valence electrons. The molecule has 7 aromatic rings. The molecule has 2 N–H and O–H groups in total. The van der Waals surface area contributed by atoms with Crippen molar-refractivity contribution in [3.63, 3.8) is 0 Å². The number of anilines is 1. The molecule has 0 aromatic heterocycles. The lowest BCUT2D eigenvalue weighted by atomic mass is 9.76. The summed E-state index contributed by atoms with van der Waals surface area (Å²) in [5.74, 6) is 0.0646. The van der Waals surface area contributed by atoms with E-state index in [2.05, 4.69) is 24.3 Å². The molecule has 3 heteroatoms. The SMILES string of the molecule is Nc1cc2c3c(ccc4c5ccc6c7c(ccc(c1c34)c75)C(=O)c1ccccc1-6)-c1ccccc1C2=O. The van der Waals surface area contributed by atoms with Crippen molar-refractivity contribution in [1.82, 2.24) is 0 Å². The third kappa shape index (κ3) is 2.07. The molecule has 3 nitrogen and oxygen atoms in total. The van der Waals surface area contributed by atoms with Gasteiger partial charge in [-0.3, -0.25) is 9.59 Å². The summed E-state index contributed by atoms with van der Waals surface area (Å²) >= 11 is 0. The van der Waals surface area contributed by atoms with Crippen molar-refractivity contribution in [2.45, 2.75) is 0 Å². The lowest BCUT2D eigenvalue weighted by Gasteiger charge is -2.26. The molecule has 0 radical (unpaired) electrons. The van der Waals surface area contributed by atoms with Crippen LogP contribution in [0.4, 0.5) is 5.69 Å². The third-order valence-electron chi connectivity index (χ3n) is 8.45. The molecule has 0 heterocycles. The predicted octanol–water partition coefficient (Wildman–Crippen LogP) is 7.74. The Labute approximate surface area is 211 Å². The van der Waals surface area contributed by atoms with E-state index in [-0.39, 0.29) is 11.6 Å². The number of nitrogens with two attached hydrogens (primary N) is 1. The zero-order chi connectivity index (χ0) is 24.6. The quantitative estimate of drug-likeness (QED) is 0.140. The maximum atomic E-state index is 13.6. The van der Waals surface area contributed by atoms with E-state index in [9.17, 15) is 9.59 Å². The molecule has 0 bridgehead atoms. The Morgan fingerprint density at radius 2 is 0.865 bits per heavy atom. The molecule has 37 heavy (non-hydrogen) atoms. The van der Waals surface area contributed by atoms with Crippen molar-refractivity contribution in [2.75, 3.05) is 5.73 Å². The van der Waals surface area contributed by atoms with Crippen LogP contribution >= 0.6 is 0 Å². The number of benzene rings is 7. The number of nitrogen functional groups attached to an aromatic ring is 1. The zero-order valence-electron chi connectivity index (χ0n) is 19.6. The van der Waals surface area contributed by atoms with E-state index in [4.69, 9.17) is 5.73 Å². The Kier molecular flexibility index (Phi) is 3.22. The van der Waals surface area contributed by atoms with Gasteiger partial charge in [-0.2, -0.15) is 0 Å². The van der Waals surface area contributed by atoms with Crippen molar-refractivity contribution < 1.29 is 9.59 Å². The number of rotatable bonds is 0. The summed E-state index contributed by atoms with van der Waals surface area (Å²) in [6.07, 6.45) is 0. The molecule has 0 unspecified atom stereocenters. The fraction of sp³-hybridized carbons (Fsp3) is 0. The Morgan fingerprint density at radius 1 is 0.378 bits per heavy atom. The van der Waals surface area contributed by atoms with Crippen LogP contribution in [0, 0.1) is 0 Å². The van der Waals surface area contributed by atoms with E-state index in [1.54, 1.807) is 0 Å².